The standard InChI is InChI=1S/C21H27ClN4OS/c1-23-20(27)17-8-4-6-15(12-17)10-11-25-21(24-2)26-14-19(28-3)16-7-5-9-18(22)13-16/h4-9,12-13,19H,10-11,14H2,1-3H3,(H,23,27)(H2,24,25,26). The lowest BCUT2D eigenvalue weighted by molar-refractivity contribution is 0.0963. The van der Waals surface area contributed by atoms with Crippen LogP contribution in [-0.4, -0.2) is 45.3 Å². The number of hydrogen-bond donors (Lipinski definition) is 3. The average molecular weight is 419 g/mol. The van der Waals surface area contributed by atoms with Crippen molar-refractivity contribution >= 4 is 35.2 Å². The van der Waals surface area contributed by atoms with Crippen molar-refractivity contribution in [3.63, 3.8) is 0 Å². The van der Waals surface area contributed by atoms with Crippen molar-refractivity contribution in [3.05, 3.63) is 70.2 Å². The maximum absolute atomic E-state index is 11.7. The van der Waals surface area contributed by atoms with Crippen molar-refractivity contribution in [2.45, 2.75) is 11.7 Å². The van der Waals surface area contributed by atoms with Crippen LogP contribution < -0.4 is 16.0 Å². The van der Waals surface area contributed by atoms with Crippen molar-refractivity contribution in [1.29, 1.82) is 0 Å². The highest BCUT2D eigenvalue weighted by atomic mass is 35.5. The molecule has 7 heteroatoms. The molecule has 0 aromatic heterocycles. The van der Waals surface area contributed by atoms with Gasteiger partial charge in [0.05, 0.1) is 0 Å². The second-order valence-corrected chi connectivity index (χ2v) is 7.67. The zero-order valence-electron chi connectivity index (χ0n) is 16.5. The van der Waals surface area contributed by atoms with Gasteiger partial charge in [-0.15, -0.1) is 0 Å². The minimum absolute atomic E-state index is 0.0728. The van der Waals surface area contributed by atoms with Gasteiger partial charge in [-0.25, -0.2) is 0 Å². The van der Waals surface area contributed by atoms with Gasteiger partial charge in [0.15, 0.2) is 5.96 Å². The van der Waals surface area contributed by atoms with Crippen LogP contribution in [0.2, 0.25) is 5.02 Å². The Bertz CT molecular complexity index is 812. The zero-order valence-corrected chi connectivity index (χ0v) is 18.0. The normalized spacial score (nSPS) is 12.4. The first kappa shape index (κ1) is 22.1. The lowest BCUT2D eigenvalue weighted by Gasteiger charge is -2.18. The van der Waals surface area contributed by atoms with E-state index in [1.165, 1.54) is 5.56 Å². The summed E-state index contributed by atoms with van der Waals surface area (Å²) in [6.45, 7) is 1.46. The molecule has 3 N–H and O–H groups in total. The molecule has 1 amide bonds. The van der Waals surface area contributed by atoms with Crippen LogP contribution in [0.3, 0.4) is 0 Å². The van der Waals surface area contributed by atoms with E-state index in [2.05, 4.69) is 33.3 Å². The van der Waals surface area contributed by atoms with E-state index in [1.54, 1.807) is 25.9 Å². The second kappa shape index (κ2) is 11.6. The number of benzene rings is 2. The number of carbonyl (C=O) groups is 1. The van der Waals surface area contributed by atoms with Crippen LogP contribution in [0.5, 0.6) is 0 Å². The molecular formula is C21H27ClN4OS. The topological polar surface area (TPSA) is 65.5 Å². The highest BCUT2D eigenvalue weighted by Gasteiger charge is 2.11. The quantitative estimate of drug-likeness (QED) is 0.453. The Morgan fingerprint density at radius 1 is 1.18 bits per heavy atom. The van der Waals surface area contributed by atoms with Crippen molar-refractivity contribution in [2.75, 3.05) is 33.4 Å². The summed E-state index contributed by atoms with van der Waals surface area (Å²) in [5, 5.41) is 10.4. The third-order valence-electron chi connectivity index (χ3n) is 4.31. The van der Waals surface area contributed by atoms with E-state index in [9.17, 15) is 4.79 Å². The molecule has 0 aliphatic rings. The average Bonchev–Trinajstić information content (AvgIpc) is 2.72. The predicted octanol–water partition coefficient (Wildman–Crippen LogP) is 3.51. The molecule has 0 spiro atoms. The number of halogens is 1. The number of carbonyl (C=O) groups excluding carboxylic acids is 1. The summed E-state index contributed by atoms with van der Waals surface area (Å²) < 4.78 is 0. The van der Waals surface area contributed by atoms with E-state index in [4.69, 9.17) is 11.6 Å². The van der Waals surface area contributed by atoms with E-state index < -0.39 is 0 Å². The largest absolute Gasteiger partial charge is 0.356 e. The van der Waals surface area contributed by atoms with Gasteiger partial charge >= 0.3 is 0 Å². The van der Waals surface area contributed by atoms with Crippen LogP contribution in [0.15, 0.2) is 53.5 Å². The highest BCUT2D eigenvalue weighted by Crippen LogP contribution is 2.27. The van der Waals surface area contributed by atoms with E-state index in [0.29, 0.717) is 5.56 Å². The van der Waals surface area contributed by atoms with Crippen molar-refractivity contribution in [3.8, 4) is 0 Å². The molecule has 0 aliphatic carbocycles. The maximum atomic E-state index is 11.7. The van der Waals surface area contributed by atoms with Crippen LogP contribution in [0.4, 0.5) is 0 Å². The van der Waals surface area contributed by atoms with Crippen molar-refractivity contribution in [2.24, 2.45) is 4.99 Å². The zero-order chi connectivity index (χ0) is 20.4. The molecule has 0 fully saturated rings. The van der Waals surface area contributed by atoms with E-state index >= 15 is 0 Å². The molecule has 0 saturated heterocycles. The summed E-state index contributed by atoms with van der Waals surface area (Å²) in [4.78, 5) is 16.0. The van der Waals surface area contributed by atoms with Gasteiger partial charge in [-0.2, -0.15) is 11.8 Å². The van der Waals surface area contributed by atoms with Gasteiger partial charge in [0.25, 0.3) is 5.91 Å². The fourth-order valence-electron chi connectivity index (χ4n) is 2.79. The van der Waals surface area contributed by atoms with Gasteiger partial charge in [0.2, 0.25) is 0 Å². The number of hydrogen-bond acceptors (Lipinski definition) is 3. The number of nitrogens with one attached hydrogen (secondary N) is 3. The number of aliphatic imine (C=N–C) groups is 1. The molecule has 150 valence electrons. The number of thioether (sulfide) groups is 1. The lowest BCUT2D eigenvalue weighted by atomic mass is 10.1. The summed E-state index contributed by atoms with van der Waals surface area (Å²) >= 11 is 7.88. The molecule has 28 heavy (non-hydrogen) atoms. The summed E-state index contributed by atoms with van der Waals surface area (Å²) in [5.41, 5.74) is 2.96. The van der Waals surface area contributed by atoms with Crippen molar-refractivity contribution in [1.82, 2.24) is 16.0 Å². The molecule has 1 atom stereocenters. The summed E-state index contributed by atoms with van der Waals surface area (Å²) in [5.74, 6) is 0.681. The fraction of sp³-hybridized carbons (Fsp3) is 0.333. The lowest BCUT2D eigenvalue weighted by Crippen LogP contribution is -2.39. The first-order valence-electron chi connectivity index (χ1n) is 9.11. The molecule has 1 unspecified atom stereocenters. The van der Waals surface area contributed by atoms with Gasteiger partial charge in [-0.05, 0) is 48.1 Å². The number of amides is 1. The monoisotopic (exact) mass is 418 g/mol. The Kier molecular flexibility index (Phi) is 9.17. The molecule has 0 saturated carbocycles. The Morgan fingerprint density at radius 3 is 2.64 bits per heavy atom. The molecule has 5 nitrogen and oxygen atoms in total. The Labute approximate surface area is 176 Å². The maximum Gasteiger partial charge on any atom is 0.251 e. The Morgan fingerprint density at radius 2 is 1.96 bits per heavy atom. The number of nitrogens with zero attached hydrogens (tertiary/aromatic N) is 1. The molecule has 0 bridgehead atoms. The second-order valence-electron chi connectivity index (χ2n) is 6.19. The summed E-state index contributed by atoms with van der Waals surface area (Å²) in [6, 6.07) is 15.6. The summed E-state index contributed by atoms with van der Waals surface area (Å²) in [6.07, 6.45) is 2.88. The van der Waals surface area contributed by atoms with Crippen molar-refractivity contribution < 1.29 is 4.79 Å². The fourth-order valence-corrected chi connectivity index (χ4v) is 3.66. The number of guanidine groups is 1. The van der Waals surface area contributed by atoms with Crippen LogP contribution in [0.25, 0.3) is 0 Å². The van der Waals surface area contributed by atoms with Crippen LogP contribution in [-0.2, 0) is 6.42 Å². The van der Waals surface area contributed by atoms with Crippen LogP contribution in [0.1, 0.15) is 26.7 Å². The smallest absolute Gasteiger partial charge is 0.251 e. The van der Waals surface area contributed by atoms with Gasteiger partial charge in [-0.3, -0.25) is 9.79 Å². The van der Waals surface area contributed by atoms with Gasteiger partial charge in [-0.1, -0.05) is 35.9 Å². The molecule has 2 rings (SSSR count). The van der Waals surface area contributed by atoms with E-state index in [1.807, 2.05) is 42.5 Å². The predicted molar refractivity (Wildman–Crippen MR) is 121 cm³/mol. The first-order chi connectivity index (χ1) is 13.6. The van der Waals surface area contributed by atoms with E-state index in [-0.39, 0.29) is 11.2 Å². The molecular weight excluding hydrogens is 392 g/mol. The SMILES string of the molecule is CN=C(NCCc1cccc(C(=O)NC)c1)NCC(SC)c1cccc(Cl)c1. The third kappa shape index (κ3) is 6.77. The molecule has 0 heterocycles. The molecule has 2 aromatic rings. The third-order valence-corrected chi connectivity index (χ3v) is 5.55. The summed E-state index contributed by atoms with van der Waals surface area (Å²) in [7, 11) is 3.40. The minimum atomic E-state index is -0.0728. The van der Waals surface area contributed by atoms with Gasteiger partial charge in [0, 0.05) is 43.0 Å². The Hall–Kier alpha value is -2.18. The Balaban J connectivity index is 1.85. The minimum Gasteiger partial charge on any atom is -0.356 e. The van der Waals surface area contributed by atoms with Crippen LogP contribution in [0, 0.1) is 0 Å². The molecule has 0 aliphatic heterocycles. The molecule has 0 radical (unpaired) electrons. The van der Waals surface area contributed by atoms with Crippen LogP contribution >= 0.6 is 23.4 Å². The number of rotatable bonds is 8. The highest BCUT2D eigenvalue weighted by molar-refractivity contribution is 7.98. The van der Waals surface area contributed by atoms with Gasteiger partial charge < -0.3 is 16.0 Å². The van der Waals surface area contributed by atoms with E-state index in [0.717, 1.165) is 36.1 Å². The first-order valence-corrected chi connectivity index (χ1v) is 10.8. The van der Waals surface area contributed by atoms with Gasteiger partial charge in [0.1, 0.15) is 0 Å². The molecule has 2 aromatic carbocycles.